The Bertz CT molecular complexity index is 468. The summed E-state index contributed by atoms with van der Waals surface area (Å²) in [6.45, 7) is 6.44. The van der Waals surface area contributed by atoms with E-state index < -0.39 is 0 Å². The van der Waals surface area contributed by atoms with E-state index in [2.05, 4.69) is 31.0 Å². The topological polar surface area (TPSA) is 86.0 Å². The second-order valence-corrected chi connectivity index (χ2v) is 4.98. The normalized spacial score (nSPS) is 11.6. The van der Waals surface area contributed by atoms with E-state index in [4.69, 9.17) is 16.2 Å². The second-order valence-electron chi connectivity index (χ2n) is 4.98. The minimum atomic E-state index is -0.0727. The summed E-state index contributed by atoms with van der Waals surface area (Å²) < 4.78 is 5.34. The number of guanidine groups is 1. The first kappa shape index (κ1) is 14.0. The standard InChI is InChI=1S/C13H20N4O/c1-13(2,3)10-6-5-9(11(7-10)18-4)8-16-17-12(14)15/h5-8H,1-4H3,(H4,14,15,17). The molecule has 0 radical (unpaired) electrons. The van der Waals surface area contributed by atoms with Gasteiger partial charge in [-0.05, 0) is 23.1 Å². The van der Waals surface area contributed by atoms with Crippen LogP contribution < -0.4 is 16.2 Å². The lowest BCUT2D eigenvalue weighted by Gasteiger charge is -2.20. The van der Waals surface area contributed by atoms with E-state index in [9.17, 15) is 0 Å². The van der Waals surface area contributed by atoms with Gasteiger partial charge in [-0.1, -0.05) is 26.8 Å². The maximum absolute atomic E-state index is 5.34. The lowest BCUT2D eigenvalue weighted by atomic mass is 9.86. The van der Waals surface area contributed by atoms with Crippen molar-refractivity contribution in [2.24, 2.45) is 21.7 Å². The summed E-state index contributed by atoms with van der Waals surface area (Å²) in [6, 6.07) is 5.97. The van der Waals surface area contributed by atoms with Gasteiger partial charge in [0, 0.05) is 5.56 Å². The largest absolute Gasteiger partial charge is 0.496 e. The van der Waals surface area contributed by atoms with Crippen molar-refractivity contribution >= 4 is 12.2 Å². The summed E-state index contributed by atoms with van der Waals surface area (Å²) in [7, 11) is 1.62. The van der Waals surface area contributed by atoms with Crippen molar-refractivity contribution in [1.29, 1.82) is 0 Å². The Kier molecular flexibility index (Phi) is 4.31. The summed E-state index contributed by atoms with van der Waals surface area (Å²) >= 11 is 0. The minimum Gasteiger partial charge on any atom is -0.496 e. The van der Waals surface area contributed by atoms with Gasteiger partial charge in [0.2, 0.25) is 5.96 Å². The van der Waals surface area contributed by atoms with Crippen molar-refractivity contribution in [3.63, 3.8) is 0 Å². The van der Waals surface area contributed by atoms with Gasteiger partial charge in [0.1, 0.15) is 5.75 Å². The van der Waals surface area contributed by atoms with Gasteiger partial charge in [0.05, 0.1) is 13.3 Å². The summed E-state index contributed by atoms with van der Waals surface area (Å²) in [6.07, 6.45) is 1.56. The highest BCUT2D eigenvalue weighted by atomic mass is 16.5. The molecule has 5 heteroatoms. The van der Waals surface area contributed by atoms with Gasteiger partial charge in [-0.15, -0.1) is 5.10 Å². The molecule has 98 valence electrons. The number of hydrogen-bond acceptors (Lipinski definition) is 3. The van der Waals surface area contributed by atoms with E-state index in [0.717, 1.165) is 11.3 Å². The van der Waals surface area contributed by atoms with E-state index in [0.29, 0.717) is 0 Å². The van der Waals surface area contributed by atoms with E-state index in [1.54, 1.807) is 13.3 Å². The van der Waals surface area contributed by atoms with E-state index >= 15 is 0 Å². The first-order valence-electron chi connectivity index (χ1n) is 5.65. The van der Waals surface area contributed by atoms with Crippen LogP contribution in [0.15, 0.2) is 28.4 Å². The molecule has 18 heavy (non-hydrogen) atoms. The molecule has 5 nitrogen and oxygen atoms in total. The number of rotatable bonds is 3. The van der Waals surface area contributed by atoms with Crippen molar-refractivity contribution in [3.8, 4) is 5.75 Å². The van der Waals surface area contributed by atoms with Crippen LogP contribution in [0.1, 0.15) is 31.9 Å². The van der Waals surface area contributed by atoms with Crippen LogP contribution in [0.25, 0.3) is 0 Å². The Morgan fingerprint density at radius 1 is 1.28 bits per heavy atom. The smallest absolute Gasteiger partial charge is 0.211 e. The molecule has 0 aliphatic rings. The Labute approximate surface area is 108 Å². The van der Waals surface area contributed by atoms with Gasteiger partial charge in [-0.3, -0.25) is 0 Å². The molecule has 0 amide bonds. The number of methoxy groups -OCH3 is 1. The highest BCUT2D eigenvalue weighted by molar-refractivity contribution is 5.84. The fraction of sp³-hybridized carbons (Fsp3) is 0.385. The number of benzene rings is 1. The lowest BCUT2D eigenvalue weighted by Crippen LogP contribution is -2.21. The highest BCUT2D eigenvalue weighted by Crippen LogP contribution is 2.27. The molecular formula is C13H20N4O. The molecule has 0 bridgehead atoms. The third kappa shape index (κ3) is 3.76. The average molecular weight is 248 g/mol. The zero-order valence-electron chi connectivity index (χ0n) is 11.3. The van der Waals surface area contributed by atoms with E-state index in [1.165, 1.54) is 5.56 Å². The number of ether oxygens (including phenoxy) is 1. The zero-order valence-corrected chi connectivity index (χ0v) is 11.3. The van der Waals surface area contributed by atoms with Gasteiger partial charge < -0.3 is 16.2 Å². The summed E-state index contributed by atoms with van der Waals surface area (Å²) in [5, 5.41) is 7.33. The van der Waals surface area contributed by atoms with Crippen LogP contribution in [-0.4, -0.2) is 19.3 Å². The number of nitrogens with two attached hydrogens (primary N) is 2. The summed E-state index contributed by atoms with van der Waals surface area (Å²) in [5.41, 5.74) is 12.5. The van der Waals surface area contributed by atoms with Crippen LogP contribution in [0.3, 0.4) is 0 Å². The van der Waals surface area contributed by atoms with Crippen molar-refractivity contribution in [1.82, 2.24) is 0 Å². The Morgan fingerprint density at radius 2 is 1.94 bits per heavy atom. The monoisotopic (exact) mass is 248 g/mol. The molecule has 1 aromatic rings. The van der Waals surface area contributed by atoms with Crippen LogP contribution in [0.5, 0.6) is 5.75 Å². The van der Waals surface area contributed by atoms with Gasteiger partial charge in [0.15, 0.2) is 0 Å². The predicted molar refractivity (Wildman–Crippen MR) is 75.1 cm³/mol. The van der Waals surface area contributed by atoms with Crippen LogP contribution in [-0.2, 0) is 5.41 Å². The fourth-order valence-corrected chi connectivity index (χ4v) is 1.44. The van der Waals surface area contributed by atoms with Gasteiger partial charge >= 0.3 is 0 Å². The molecule has 0 aromatic heterocycles. The van der Waals surface area contributed by atoms with E-state index in [-0.39, 0.29) is 11.4 Å². The number of hydrogen-bond donors (Lipinski definition) is 2. The molecule has 0 saturated heterocycles. The lowest BCUT2D eigenvalue weighted by molar-refractivity contribution is 0.412. The van der Waals surface area contributed by atoms with Crippen molar-refractivity contribution < 1.29 is 4.74 Å². The van der Waals surface area contributed by atoms with Crippen molar-refractivity contribution in [2.75, 3.05) is 7.11 Å². The molecule has 0 atom stereocenters. The van der Waals surface area contributed by atoms with Crippen LogP contribution in [0.2, 0.25) is 0 Å². The molecule has 0 aliphatic heterocycles. The van der Waals surface area contributed by atoms with Crippen molar-refractivity contribution in [2.45, 2.75) is 26.2 Å². The van der Waals surface area contributed by atoms with Crippen LogP contribution in [0, 0.1) is 0 Å². The van der Waals surface area contributed by atoms with Gasteiger partial charge in [-0.25, -0.2) is 0 Å². The molecule has 0 heterocycles. The minimum absolute atomic E-state index is 0.0722. The fourth-order valence-electron chi connectivity index (χ4n) is 1.44. The van der Waals surface area contributed by atoms with Crippen molar-refractivity contribution in [3.05, 3.63) is 29.3 Å². The highest BCUT2D eigenvalue weighted by Gasteiger charge is 2.15. The molecule has 0 unspecified atom stereocenters. The Hall–Kier alpha value is -2.04. The molecule has 0 saturated carbocycles. The predicted octanol–water partition coefficient (Wildman–Crippen LogP) is 1.60. The van der Waals surface area contributed by atoms with Gasteiger partial charge in [0.25, 0.3) is 0 Å². The van der Waals surface area contributed by atoms with E-state index in [1.807, 2.05) is 18.2 Å². The zero-order chi connectivity index (χ0) is 13.8. The third-order valence-electron chi connectivity index (χ3n) is 2.47. The first-order valence-corrected chi connectivity index (χ1v) is 5.65. The quantitative estimate of drug-likeness (QED) is 0.484. The molecule has 0 fully saturated rings. The maximum Gasteiger partial charge on any atom is 0.211 e. The molecule has 4 N–H and O–H groups in total. The molecule has 0 aliphatic carbocycles. The Morgan fingerprint density at radius 3 is 2.44 bits per heavy atom. The second kappa shape index (κ2) is 5.53. The number of nitrogens with zero attached hydrogens (tertiary/aromatic N) is 2. The van der Waals surface area contributed by atoms with Crippen LogP contribution in [0.4, 0.5) is 0 Å². The first-order chi connectivity index (χ1) is 8.34. The molecule has 0 spiro atoms. The van der Waals surface area contributed by atoms with Gasteiger partial charge in [-0.2, -0.15) is 5.10 Å². The summed E-state index contributed by atoms with van der Waals surface area (Å²) in [5.74, 6) is 0.675. The molecule has 1 rings (SSSR count). The molecular weight excluding hydrogens is 228 g/mol. The maximum atomic E-state index is 5.34. The SMILES string of the molecule is COc1cc(C(C)(C)C)ccc1C=NN=C(N)N. The molecule has 1 aromatic carbocycles. The summed E-state index contributed by atoms with van der Waals surface area (Å²) in [4.78, 5) is 0. The Balaban J connectivity index is 3.08. The third-order valence-corrected chi connectivity index (χ3v) is 2.47. The van der Waals surface area contributed by atoms with Crippen LogP contribution >= 0.6 is 0 Å². The average Bonchev–Trinajstić information content (AvgIpc) is 2.27.